The number of carbonyl (C=O) groups excluding carboxylic acids is 5. The molecule has 5 rings (SSSR count). The van der Waals surface area contributed by atoms with Crippen LogP contribution in [0.25, 0.3) is 0 Å². The maximum absolute atomic E-state index is 14.0. The molecule has 3 heterocycles. The predicted molar refractivity (Wildman–Crippen MR) is 193 cm³/mol. The fourth-order valence-corrected chi connectivity index (χ4v) is 6.97. The van der Waals surface area contributed by atoms with Crippen molar-refractivity contribution in [3.05, 3.63) is 81.9 Å². The molecule has 0 saturated carbocycles. The number of nitrogens with one attached hydrogen (secondary N) is 2. The molecule has 53 heavy (non-hydrogen) atoms. The highest BCUT2D eigenvalue weighted by Gasteiger charge is 2.64. The molecule has 14 nitrogen and oxygen atoms in total. The van der Waals surface area contributed by atoms with Crippen LogP contribution in [0.4, 0.5) is 10.5 Å². The zero-order valence-corrected chi connectivity index (χ0v) is 31.1. The maximum atomic E-state index is 14.0. The first-order chi connectivity index (χ1) is 24.9. The van der Waals surface area contributed by atoms with E-state index < -0.39 is 72.1 Å². The van der Waals surface area contributed by atoms with E-state index in [1.165, 1.54) is 56.3 Å². The van der Waals surface area contributed by atoms with E-state index in [1.54, 1.807) is 38.1 Å². The van der Waals surface area contributed by atoms with Crippen molar-refractivity contribution in [3.63, 3.8) is 0 Å². The summed E-state index contributed by atoms with van der Waals surface area (Å²) < 4.78 is 23.0. The molecular weight excluding hydrogens is 710 g/mol. The third kappa shape index (κ3) is 8.73. The van der Waals surface area contributed by atoms with Crippen LogP contribution in [0.15, 0.2) is 60.2 Å². The number of anilines is 1. The Labute approximate surface area is 312 Å². The van der Waals surface area contributed by atoms with Gasteiger partial charge in [0.2, 0.25) is 5.91 Å². The van der Waals surface area contributed by atoms with E-state index in [2.05, 4.69) is 10.6 Å². The molecule has 0 spiro atoms. The zero-order valence-electron chi connectivity index (χ0n) is 30.3. The number of allylic oxidation sites excluding steroid dienone is 3. The lowest BCUT2D eigenvalue weighted by Crippen LogP contribution is -2.63. The number of rotatable bonds is 6. The number of epoxide rings is 1. The van der Waals surface area contributed by atoms with E-state index in [1.807, 2.05) is 6.92 Å². The number of aliphatic hydroxyl groups excluding tert-OH is 1. The number of carbonyl (C=O) groups is 5. The second-order valence-electron chi connectivity index (χ2n) is 13.9. The largest absolute Gasteiger partial charge is 0.495 e. The Bertz CT molecular complexity index is 1850. The molecule has 3 aliphatic rings. The normalized spacial score (nSPS) is 30.4. The van der Waals surface area contributed by atoms with E-state index in [0.29, 0.717) is 23.4 Å². The minimum absolute atomic E-state index is 0.162. The topological polar surface area (TPSA) is 193 Å². The van der Waals surface area contributed by atoms with E-state index in [4.69, 9.17) is 30.5 Å². The summed E-state index contributed by atoms with van der Waals surface area (Å²) in [4.78, 5) is 65.7. The van der Waals surface area contributed by atoms with Crippen molar-refractivity contribution >= 4 is 46.9 Å². The van der Waals surface area contributed by atoms with Gasteiger partial charge in [0.1, 0.15) is 41.2 Å². The van der Waals surface area contributed by atoms with Crippen LogP contribution in [0.2, 0.25) is 5.02 Å². The fourth-order valence-electron chi connectivity index (χ4n) is 6.65. The number of fused-ring (bicyclic) bond motifs is 5. The van der Waals surface area contributed by atoms with Gasteiger partial charge in [0, 0.05) is 30.5 Å². The average Bonchev–Trinajstić information content (AvgIpc) is 3.81. The van der Waals surface area contributed by atoms with Gasteiger partial charge >= 0.3 is 12.1 Å². The standard InChI is InChI=1S/C38H44ClN3O11/c1-20-8-7-9-29(44)38(49)18-28(51-36(48)41-38)21(2)34-37(4,53-34)30(17-31(45)42(5)26-15-23(14-20)16-27(50-6)33(26)39)52-32(46)19-40-35(47)25-12-10-24(11-13-25)22(3)43/h7-13,15-16,21,28-30,34,44,49H,14,17-19H2,1-6H3,(H,40,47)(H,41,48)/b9-7+,20-8+/t21?,28-,29+,30-,34?,37?,38-/m0/s1. The first-order valence-corrected chi connectivity index (χ1v) is 17.5. The maximum Gasteiger partial charge on any atom is 0.409 e. The van der Waals surface area contributed by atoms with Gasteiger partial charge in [-0.25, -0.2) is 4.79 Å². The van der Waals surface area contributed by atoms with Crippen LogP contribution in [0.3, 0.4) is 0 Å². The molecule has 284 valence electrons. The quantitative estimate of drug-likeness (QED) is 0.191. The number of amides is 3. The summed E-state index contributed by atoms with van der Waals surface area (Å²) in [6, 6.07) is 9.40. The van der Waals surface area contributed by atoms with Gasteiger partial charge in [0.05, 0.1) is 25.3 Å². The molecule has 3 amide bonds. The van der Waals surface area contributed by atoms with Crippen LogP contribution in [0.5, 0.6) is 5.75 Å². The number of halogens is 1. The number of ether oxygens (including phenoxy) is 4. The van der Waals surface area contributed by atoms with Crippen molar-refractivity contribution < 1.29 is 53.1 Å². The zero-order chi connectivity index (χ0) is 38.8. The number of methoxy groups -OCH3 is 1. The number of aliphatic hydroxyl groups is 2. The molecule has 4 N–H and O–H groups in total. The lowest BCUT2D eigenvalue weighted by atomic mass is 9.83. The van der Waals surface area contributed by atoms with Crippen LogP contribution in [0, 0.1) is 5.92 Å². The highest BCUT2D eigenvalue weighted by atomic mass is 35.5. The van der Waals surface area contributed by atoms with Crippen LogP contribution >= 0.6 is 11.6 Å². The third-order valence-corrected chi connectivity index (χ3v) is 10.3. The molecular formula is C38H44ClN3O11. The highest BCUT2D eigenvalue weighted by Crippen LogP contribution is 2.49. The Morgan fingerprint density at radius 1 is 1.15 bits per heavy atom. The van der Waals surface area contributed by atoms with Gasteiger partial charge in [-0.2, -0.15) is 0 Å². The number of hydrogen-bond acceptors (Lipinski definition) is 11. The molecule has 0 aliphatic carbocycles. The van der Waals surface area contributed by atoms with Gasteiger partial charge in [0.25, 0.3) is 5.91 Å². The molecule has 4 bridgehead atoms. The van der Waals surface area contributed by atoms with Crippen LogP contribution in [-0.2, 0) is 30.2 Å². The van der Waals surface area contributed by atoms with Crippen molar-refractivity contribution in [3.8, 4) is 5.75 Å². The number of alkyl carbamates (subject to hydrolysis) is 1. The molecule has 2 aromatic rings. The highest BCUT2D eigenvalue weighted by molar-refractivity contribution is 6.35. The lowest BCUT2D eigenvalue weighted by molar-refractivity contribution is -0.152. The predicted octanol–water partition coefficient (Wildman–Crippen LogP) is 3.65. The smallest absolute Gasteiger partial charge is 0.409 e. The summed E-state index contributed by atoms with van der Waals surface area (Å²) >= 11 is 6.70. The Morgan fingerprint density at radius 3 is 2.49 bits per heavy atom. The van der Waals surface area contributed by atoms with Gasteiger partial charge in [-0.15, -0.1) is 0 Å². The molecule has 3 aliphatic heterocycles. The van der Waals surface area contributed by atoms with E-state index in [9.17, 15) is 34.2 Å². The summed E-state index contributed by atoms with van der Waals surface area (Å²) in [5.74, 6) is -2.37. The summed E-state index contributed by atoms with van der Waals surface area (Å²) in [6.07, 6.45) is -0.843. The third-order valence-electron chi connectivity index (χ3n) is 9.94. The Balaban J connectivity index is 1.45. The number of Topliss-reactive ketones (excluding diaryl/α,β-unsaturated/α-hetero) is 1. The van der Waals surface area contributed by atoms with E-state index in [-0.39, 0.29) is 29.2 Å². The van der Waals surface area contributed by atoms with E-state index in [0.717, 1.165) is 11.1 Å². The van der Waals surface area contributed by atoms with E-state index >= 15 is 0 Å². The monoisotopic (exact) mass is 753 g/mol. The number of esters is 1. The molecule has 0 radical (unpaired) electrons. The van der Waals surface area contributed by atoms with Crippen LogP contribution < -0.4 is 20.3 Å². The van der Waals surface area contributed by atoms with Gasteiger partial charge in [0.15, 0.2) is 11.5 Å². The molecule has 7 atom stereocenters. The number of benzene rings is 2. The number of nitrogens with zero attached hydrogens (tertiary/aromatic N) is 1. The number of ketones is 1. The van der Waals surface area contributed by atoms with Crippen molar-refractivity contribution in [1.29, 1.82) is 0 Å². The fraction of sp³-hybridized carbons (Fsp3) is 0.447. The van der Waals surface area contributed by atoms with Crippen LogP contribution in [0.1, 0.15) is 66.8 Å². The summed E-state index contributed by atoms with van der Waals surface area (Å²) in [5.41, 5.74) is -0.767. The molecule has 3 unspecified atom stereocenters. The van der Waals surface area contributed by atoms with Crippen molar-refractivity contribution in [2.24, 2.45) is 5.92 Å². The Kier molecular flexibility index (Phi) is 11.7. The molecule has 2 fully saturated rings. The molecule has 2 saturated heterocycles. The Morgan fingerprint density at radius 2 is 1.83 bits per heavy atom. The van der Waals surface area contributed by atoms with Crippen LogP contribution in [-0.4, -0.2) is 96.3 Å². The second kappa shape index (κ2) is 15.7. The van der Waals surface area contributed by atoms with Gasteiger partial charge < -0.3 is 39.4 Å². The summed E-state index contributed by atoms with van der Waals surface area (Å²) in [6.45, 7) is 6.08. The Hall–Kier alpha value is -4.76. The number of hydrogen-bond donors (Lipinski definition) is 4. The first kappa shape index (κ1) is 39.4. The van der Waals surface area contributed by atoms with Gasteiger partial charge in [-0.05, 0) is 57.0 Å². The van der Waals surface area contributed by atoms with Crippen molar-refractivity contribution in [1.82, 2.24) is 10.6 Å². The van der Waals surface area contributed by atoms with Gasteiger partial charge in [-0.1, -0.05) is 54.5 Å². The minimum Gasteiger partial charge on any atom is -0.495 e. The lowest BCUT2D eigenvalue weighted by Gasteiger charge is -2.41. The van der Waals surface area contributed by atoms with Crippen molar-refractivity contribution in [2.75, 3.05) is 25.6 Å². The summed E-state index contributed by atoms with van der Waals surface area (Å²) in [5, 5.41) is 27.4. The molecule has 15 heteroatoms. The second-order valence-corrected chi connectivity index (χ2v) is 14.3. The SMILES string of the molecule is COc1cc2cc(c1Cl)N(C)C(=O)C[C@H](OC(=O)CNC(=O)c1ccc(C(C)=O)cc1)C1(C)OC1C(C)[C@@H]1C[C@@](O)(NC(=O)O1)[C@H](O)/C=C/C=C(\C)C2. The molecule has 0 aromatic heterocycles. The average molecular weight is 754 g/mol. The summed E-state index contributed by atoms with van der Waals surface area (Å²) in [7, 11) is 2.99. The van der Waals surface area contributed by atoms with Crippen molar-refractivity contribution in [2.45, 2.75) is 82.7 Å². The molecule has 2 aromatic carbocycles. The first-order valence-electron chi connectivity index (χ1n) is 17.1. The minimum atomic E-state index is -2.08. The van der Waals surface area contributed by atoms with Gasteiger partial charge in [-0.3, -0.25) is 24.5 Å².